The molecule has 1 aliphatic rings. The van der Waals surface area contributed by atoms with Gasteiger partial charge in [0.05, 0.1) is 16.6 Å². The van der Waals surface area contributed by atoms with E-state index in [1.807, 2.05) is 0 Å². The van der Waals surface area contributed by atoms with E-state index in [2.05, 4.69) is 0 Å². The van der Waals surface area contributed by atoms with Crippen LogP contribution >= 0.6 is 34.5 Å². The Balaban J connectivity index is 1.76. The molecule has 1 aliphatic heterocycles. The average molecular weight is 622 g/mol. The molecule has 0 amide bonds. The van der Waals surface area contributed by atoms with Gasteiger partial charge in [-0.15, -0.1) is 11.3 Å². The van der Waals surface area contributed by atoms with Gasteiger partial charge in [0.1, 0.15) is 15.8 Å². The van der Waals surface area contributed by atoms with Crippen LogP contribution in [0.5, 0.6) is 11.5 Å². The highest BCUT2D eigenvalue weighted by molar-refractivity contribution is 7.93. The molecule has 0 saturated carbocycles. The lowest BCUT2D eigenvalue weighted by Crippen LogP contribution is -2.53. The van der Waals surface area contributed by atoms with Crippen LogP contribution in [-0.2, 0) is 15.6 Å². The van der Waals surface area contributed by atoms with Gasteiger partial charge in [-0.1, -0.05) is 47.5 Å². The van der Waals surface area contributed by atoms with E-state index in [9.17, 15) is 39.9 Å². The van der Waals surface area contributed by atoms with E-state index in [1.54, 1.807) is 24.3 Å². The van der Waals surface area contributed by atoms with Crippen molar-refractivity contribution in [2.75, 3.05) is 17.5 Å². The maximum absolute atomic E-state index is 13.6. The van der Waals surface area contributed by atoms with Gasteiger partial charge < -0.3 is 14.6 Å². The minimum Gasteiger partial charge on any atom is -0.486 e. The molecular formula is C22H15Cl2F6NO5S2. The second-order valence-corrected chi connectivity index (χ2v) is 12.1. The molecule has 2 heterocycles. The van der Waals surface area contributed by atoms with E-state index in [4.69, 9.17) is 32.7 Å². The molecule has 1 unspecified atom stereocenters. The summed E-state index contributed by atoms with van der Waals surface area (Å²) in [5, 5.41) is 9.67. The normalized spacial score (nSPS) is 16.4. The first-order chi connectivity index (χ1) is 17.6. The molecule has 3 aromatic rings. The van der Waals surface area contributed by atoms with Crippen LogP contribution in [0.15, 0.2) is 59.5 Å². The summed E-state index contributed by atoms with van der Waals surface area (Å²) in [5.41, 5.74) is -7.07. The van der Waals surface area contributed by atoms with Crippen molar-refractivity contribution in [2.45, 2.75) is 29.0 Å². The Labute approximate surface area is 226 Å². The number of benzene rings is 2. The first kappa shape index (κ1) is 28.6. The van der Waals surface area contributed by atoms with Crippen LogP contribution in [0.25, 0.3) is 0 Å². The Morgan fingerprint density at radius 3 is 2.08 bits per heavy atom. The van der Waals surface area contributed by atoms with Gasteiger partial charge in [0.25, 0.3) is 15.6 Å². The molecule has 38 heavy (non-hydrogen) atoms. The first-order valence-corrected chi connectivity index (χ1v) is 13.4. The summed E-state index contributed by atoms with van der Waals surface area (Å²) >= 11 is 12.7. The van der Waals surface area contributed by atoms with Crippen molar-refractivity contribution < 1.29 is 49.3 Å². The fourth-order valence-electron chi connectivity index (χ4n) is 3.66. The molecule has 1 aromatic heterocycles. The molecule has 1 N–H and O–H groups in total. The molecule has 0 bridgehead atoms. The van der Waals surface area contributed by atoms with Crippen molar-refractivity contribution in [3.8, 4) is 11.5 Å². The quantitative estimate of drug-likeness (QED) is 0.322. The van der Waals surface area contributed by atoms with E-state index in [0.717, 1.165) is 17.4 Å². The zero-order valence-electron chi connectivity index (χ0n) is 18.6. The van der Waals surface area contributed by atoms with Gasteiger partial charge in [0.15, 0.2) is 17.6 Å². The topological polar surface area (TPSA) is 76.1 Å². The van der Waals surface area contributed by atoms with Gasteiger partial charge in [-0.2, -0.15) is 26.3 Å². The average Bonchev–Trinajstić information content (AvgIpc) is 3.19. The summed E-state index contributed by atoms with van der Waals surface area (Å²) in [6.45, 7) is -0.593. The molecule has 6 nitrogen and oxygen atoms in total. The molecule has 0 spiro atoms. The number of anilines is 1. The monoisotopic (exact) mass is 621 g/mol. The van der Waals surface area contributed by atoms with E-state index < -0.39 is 51.1 Å². The molecule has 0 radical (unpaired) electrons. The summed E-state index contributed by atoms with van der Waals surface area (Å²) < 4.78 is 119. The molecule has 0 fully saturated rings. The lowest BCUT2D eigenvalue weighted by molar-refractivity contribution is -0.376. The number of thiophene rings is 1. The SMILES string of the molecule is O=S(=O)(c1cc(Cl)sc1Cl)N(CC1COc2ccccc2O1)c1ccc(C(O)(C(F)(F)F)C(F)(F)F)cc1. The highest BCUT2D eigenvalue weighted by Gasteiger charge is 2.71. The fourth-order valence-corrected chi connectivity index (χ4v) is 7.27. The smallest absolute Gasteiger partial charge is 0.430 e. The van der Waals surface area contributed by atoms with E-state index in [1.165, 1.54) is 0 Å². The van der Waals surface area contributed by atoms with Gasteiger partial charge in [0.2, 0.25) is 0 Å². The number of aliphatic hydroxyl groups is 1. The van der Waals surface area contributed by atoms with Crippen molar-refractivity contribution >= 4 is 50.2 Å². The van der Waals surface area contributed by atoms with Crippen molar-refractivity contribution in [2.24, 2.45) is 0 Å². The van der Waals surface area contributed by atoms with Gasteiger partial charge in [-0.25, -0.2) is 8.42 Å². The molecule has 206 valence electrons. The highest BCUT2D eigenvalue weighted by atomic mass is 35.5. The van der Waals surface area contributed by atoms with Gasteiger partial charge in [-0.3, -0.25) is 4.31 Å². The van der Waals surface area contributed by atoms with E-state index in [0.29, 0.717) is 40.1 Å². The van der Waals surface area contributed by atoms with Crippen LogP contribution in [0.2, 0.25) is 8.67 Å². The molecular weight excluding hydrogens is 607 g/mol. The number of alkyl halides is 6. The Hall–Kier alpha value is -2.39. The van der Waals surface area contributed by atoms with Crippen molar-refractivity contribution in [3.05, 3.63) is 68.8 Å². The Morgan fingerprint density at radius 2 is 1.55 bits per heavy atom. The number of para-hydroxylation sites is 2. The number of hydrogen-bond donors (Lipinski definition) is 1. The van der Waals surface area contributed by atoms with Crippen molar-refractivity contribution in [1.29, 1.82) is 0 Å². The summed E-state index contributed by atoms with van der Waals surface area (Å²) in [5.74, 6) is 0.697. The third kappa shape index (κ3) is 5.11. The van der Waals surface area contributed by atoms with Gasteiger partial charge in [-0.05, 0) is 30.3 Å². The van der Waals surface area contributed by atoms with E-state index in [-0.39, 0.29) is 21.0 Å². The first-order valence-electron chi connectivity index (χ1n) is 10.4. The van der Waals surface area contributed by atoms with Crippen LogP contribution in [0.3, 0.4) is 0 Å². The minimum absolute atomic E-state index is 0.0236. The molecule has 0 aliphatic carbocycles. The predicted molar refractivity (Wildman–Crippen MR) is 128 cm³/mol. The number of sulfonamides is 1. The maximum Gasteiger partial charge on any atom is 0.430 e. The van der Waals surface area contributed by atoms with Crippen LogP contribution in [0, 0.1) is 0 Å². The number of nitrogens with zero attached hydrogens (tertiary/aromatic N) is 1. The van der Waals surface area contributed by atoms with Crippen molar-refractivity contribution in [1.82, 2.24) is 0 Å². The largest absolute Gasteiger partial charge is 0.486 e. The minimum atomic E-state index is -6.11. The van der Waals surface area contributed by atoms with Gasteiger partial charge >= 0.3 is 12.4 Å². The fraction of sp³-hybridized carbons (Fsp3) is 0.273. The Kier molecular flexibility index (Phi) is 7.51. The zero-order valence-corrected chi connectivity index (χ0v) is 21.7. The molecule has 2 aromatic carbocycles. The van der Waals surface area contributed by atoms with Crippen LogP contribution in [0.1, 0.15) is 5.56 Å². The standard InChI is InChI=1S/C22H15Cl2F6NO5S2/c23-18-9-17(19(24)37-18)38(33,34)31(10-14-11-35-15-3-1-2-4-16(15)36-14)13-7-5-12(6-8-13)20(32,21(25,26)27)22(28,29)30/h1-9,14,32H,10-11H2. The second-order valence-electron chi connectivity index (χ2n) is 7.98. The summed E-state index contributed by atoms with van der Waals surface area (Å²) in [7, 11) is -4.56. The lowest BCUT2D eigenvalue weighted by atomic mass is 9.92. The van der Waals surface area contributed by atoms with Crippen LogP contribution in [0.4, 0.5) is 32.0 Å². The number of fused-ring (bicyclic) bond motifs is 1. The van der Waals surface area contributed by atoms with E-state index >= 15 is 0 Å². The van der Waals surface area contributed by atoms with Gasteiger partial charge in [0, 0.05) is 5.56 Å². The number of hydrogen-bond acceptors (Lipinski definition) is 6. The molecule has 0 saturated heterocycles. The Bertz CT molecular complexity index is 1410. The Morgan fingerprint density at radius 1 is 0.974 bits per heavy atom. The number of halogens is 8. The lowest BCUT2D eigenvalue weighted by Gasteiger charge is -2.34. The zero-order chi connectivity index (χ0) is 28.1. The molecule has 4 rings (SSSR count). The predicted octanol–water partition coefficient (Wildman–Crippen LogP) is 6.40. The van der Waals surface area contributed by atoms with Crippen LogP contribution in [-0.4, -0.2) is 45.1 Å². The number of ether oxygens (including phenoxy) is 2. The third-order valence-electron chi connectivity index (χ3n) is 5.52. The molecule has 16 heteroatoms. The highest BCUT2D eigenvalue weighted by Crippen LogP contribution is 2.50. The van der Waals surface area contributed by atoms with Crippen molar-refractivity contribution in [3.63, 3.8) is 0 Å². The maximum atomic E-state index is 13.6. The molecule has 1 atom stereocenters. The third-order valence-corrected chi connectivity index (χ3v) is 9.07. The summed E-state index contributed by atoms with van der Waals surface area (Å²) in [6, 6.07) is 9.67. The summed E-state index contributed by atoms with van der Waals surface area (Å²) in [6.07, 6.45) is -13.2. The summed E-state index contributed by atoms with van der Waals surface area (Å²) in [4.78, 5) is -0.433. The van der Waals surface area contributed by atoms with Crippen LogP contribution < -0.4 is 13.8 Å². The second kappa shape index (κ2) is 9.97. The number of rotatable bonds is 6.